The van der Waals surface area contributed by atoms with Crippen molar-refractivity contribution in [2.45, 2.75) is 0 Å². The highest BCUT2D eigenvalue weighted by molar-refractivity contribution is 6.07. The van der Waals surface area contributed by atoms with Crippen LogP contribution in [0.15, 0.2) is 51.7 Å². The van der Waals surface area contributed by atoms with E-state index in [1.165, 1.54) is 45.6 Å². The van der Waals surface area contributed by atoms with Gasteiger partial charge in [-0.1, -0.05) is 0 Å². The Morgan fingerprint density at radius 3 is 2.07 bits per heavy atom. The number of amides is 1. The molecule has 9 nitrogen and oxygen atoms in total. The van der Waals surface area contributed by atoms with Crippen LogP contribution in [-0.4, -0.2) is 39.2 Å². The third-order valence-corrected chi connectivity index (χ3v) is 4.22. The van der Waals surface area contributed by atoms with Crippen LogP contribution in [0.2, 0.25) is 0 Å². The minimum absolute atomic E-state index is 0.0194. The van der Waals surface area contributed by atoms with E-state index in [0.29, 0.717) is 11.1 Å². The van der Waals surface area contributed by atoms with Gasteiger partial charge in [0.25, 0.3) is 5.91 Å². The largest absolute Gasteiger partial charge is 0.497 e. The van der Waals surface area contributed by atoms with Crippen LogP contribution in [0.1, 0.15) is 31.1 Å². The molecule has 3 aromatic rings. The maximum absolute atomic E-state index is 12.7. The minimum atomic E-state index is -0.845. The van der Waals surface area contributed by atoms with E-state index in [9.17, 15) is 19.2 Å². The van der Waals surface area contributed by atoms with Crippen molar-refractivity contribution in [2.24, 2.45) is 0 Å². The molecule has 1 amide bonds. The monoisotopic (exact) mass is 411 g/mol. The molecule has 0 aliphatic heterocycles. The summed E-state index contributed by atoms with van der Waals surface area (Å²) in [5, 5.41) is 2.97. The standard InChI is InChI=1S/C21H17NO8/c1-27-15-4-5-17-11(9-15)10-16(21(26)30-17)18(23)22-14-7-12(19(24)28-2)6-13(8-14)20(25)29-3/h4-10H,1-3H3,(H,22,23). The van der Waals surface area contributed by atoms with Gasteiger partial charge in [-0.2, -0.15) is 0 Å². The second kappa shape index (κ2) is 8.48. The van der Waals surface area contributed by atoms with Gasteiger partial charge in [0, 0.05) is 11.1 Å². The summed E-state index contributed by atoms with van der Waals surface area (Å²) >= 11 is 0. The topological polar surface area (TPSA) is 121 Å². The molecular weight excluding hydrogens is 394 g/mol. The highest BCUT2D eigenvalue weighted by atomic mass is 16.5. The summed E-state index contributed by atoms with van der Waals surface area (Å²) in [4.78, 5) is 48.7. The number of benzene rings is 2. The molecule has 0 bridgehead atoms. The highest BCUT2D eigenvalue weighted by Gasteiger charge is 2.18. The summed E-state index contributed by atoms with van der Waals surface area (Å²) < 4.78 is 19.6. The lowest BCUT2D eigenvalue weighted by Crippen LogP contribution is -2.21. The van der Waals surface area contributed by atoms with E-state index >= 15 is 0 Å². The van der Waals surface area contributed by atoms with Crippen LogP contribution >= 0.6 is 0 Å². The molecule has 0 saturated heterocycles. The van der Waals surface area contributed by atoms with Gasteiger partial charge < -0.3 is 23.9 Å². The number of fused-ring (bicyclic) bond motifs is 1. The Kier molecular flexibility index (Phi) is 5.82. The van der Waals surface area contributed by atoms with Gasteiger partial charge in [-0.15, -0.1) is 0 Å². The third kappa shape index (κ3) is 4.14. The Morgan fingerprint density at radius 1 is 0.867 bits per heavy atom. The van der Waals surface area contributed by atoms with Crippen LogP contribution in [0, 0.1) is 0 Å². The molecule has 154 valence electrons. The molecule has 0 spiro atoms. The lowest BCUT2D eigenvalue weighted by atomic mass is 10.1. The lowest BCUT2D eigenvalue weighted by Gasteiger charge is -2.10. The number of esters is 2. The molecule has 0 saturated carbocycles. The summed E-state index contributed by atoms with van der Waals surface area (Å²) in [7, 11) is 3.85. The Labute approximate surface area is 170 Å². The molecule has 1 heterocycles. The van der Waals surface area contributed by atoms with E-state index in [2.05, 4.69) is 14.8 Å². The second-order valence-electron chi connectivity index (χ2n) is 6.09. The molecule has 0 fully saturated rings. The van der Waals surface area contributed by atoms with Gasteiger partial charge in [0.15, 0.2) is 0 Å². The van der Waals surface area contributed by atoms with Crippen molar-refractivity contribution in [2.75, 3.05) is 26.6 Å². The van der Waals surface area contributed by atoms with Crippen molar-refractivity contribution in [3.05, 3.63) is 69.6 Å². The van der Waals surface area contributed by atoms with Crippen molar-refractivity contribution >= 4 is 34.5 Å². The van der Waals surface area contributed by atoms with Gasteiger partial charge >= 0.3 is 17.6 Å². The number of ether oxygens (including phenoxy) is 3. The van der Waals surface area contributed by atoms with Crippen molar-refractivity contribution in [3.63, 3.8) is 0 Å². The SMILES string of the molecule is COC(=O)c1cc(NC(=O)c2cc3cc(OC)ccc3oc2=O)cc(C(=O)OC)c1. The average molecular weight is 411 g/mol. The van der Waals surface area contributed by atoms with Gasteiger partial charge in [0.05, 0.1) is 32.5 Å². The molecule has 30 heavy (non-hydrogen) atoms. The van der Waals surface area contributed by atoms with Crippen molar-refractivity contribution in [3.8, 4) is 5.75 Å². The van der Waals surface area contributed by atoms with E-state index in [1.807, 2.05) is 0 Å². The van der Waals surface area contributed by atoms with Gasteiger partial charge in [-0.25, -0.2) is 14.4 Å². The zero-order valence-electron chi connectivity index (χ0n) is 16.3. The van der Waals surface area contributed by atoms with Crippen molar-refractivity contribution < 1.29 is 33.0 Å². The number of carbonyl (C=O) groups excluding carboxylic acids is 3. The van der Waals surface area contributed by atoms with Gasteiger partial charge in [-0.05, 0) is 42.5 Å². The normalized spacial score (nSPS) is 10.4. The highest BCUT2D eigenvalue weighted by Crippen LogP contribution is 2.21. The maximum Gasteiger partial charge on any atom is 0.349 e. The first kappa shape index (κ1) is 20.6. The Hall–Kier alpha value is -4.14. The fraction of sp³-hybridized carbons (Fsp3) is 0.143. The minimum Gasteiger partial charge on any atom is -0.497 e. The van der Waals surface area contributed by atoms with Crippen LogP contribution in [-0.2, 0) is 9.47 Å². The molecule has 0 unspecified atom stereocenters. The molecular formula is C21H17NO8. The molecule has 0 radical (unpaired) electrons. The number of nitrogens with one attached hydrogen (secondary N) is 1. The van der Waals surface area contributed by atoms with E-state index in [-0.39, 0.29) is 28.0 Å². The quantitative estimate of drug-likeness (QED) is 0.502. The number of hydrogen-bond acceptors (Lipinski definition) is 8. The van der Waals surface area contributed by atoms with Crippen LogP contribution in [0.25, 0.3) is 11.0 Å². The first-order chi connectivity index (χ1) is 14.4. The van der Waals surface area contributed by atoms with Crippen LogP contribution < -0.4 is 15.7 Å². The van der Waals surface area contributed by atoms with Crippen LogP contribution in [0.4, 0.5) is 5.69 Å². The fourth-order valence-electron chi connectivity index (χ4n) is 2.76. The van der Waals surface area contributed by atoms with Crippen molar-refractivity contribution in [1.82, 2.24) is 0 Å². The van der Waals surface area contributed by atoms with E-state index in [1.54, 1.807) is 18.2 Å². The van der Waals surface area contributed by atoms with E-state index < -0.39 is 23.5 Å². The Balaban J connectivity index is 2.00. The number of anilines is 1. The maximum atomic E-state index is 12.7. The third-order valence-electron chi connectivity index (χ3n) is 4.22. The summed E-state index contributed by atoms with van der Waals surface area (Å²) in [6, 6.07) is 10.0. The number of hydrogen-bond donors (Lipinski definition) is 1. The first-order valence-corrected chi connectivity index (χ1v) is 8.61. The fourth-order valence-corrected chi connectivity index (χ4v) is 2.76. The second-order valence-corrected chi connectivity index (χ2v) is 6.09. The zero-order valence-corrected chi connectivity index (χ0v) is 16.3. The smallest absolute Gasteiger partial charge is 0.349 e. The number of methoxy groups -OCH3 is 3. The van der Waals surface area contributed by atoms with Crippen molar-refractivity contribution in [1.29, 1.82) is 0 Å². The molecule has 3 rings (SSSR count). The Bertz CT molecular complexity index is 1180. The molecule has 1 aromatic heterocycles. The average Bonchev–Trinajstić information content (AvgIpc) is 2.76. The van der Waals surface area contributed by atoms with Gasteiger partial charge in [0.2, 0.25) is 0 Å². The van der Waals surface area contributed by atoms with Crippen LogP contribution in [0.5, 0.6) is 5.75 Å². The molecule has 0 aliphatic carbocycles. The van der Waals surface area contributed by atoms with Gasteiger partial charge in [-0.3, -0.25) is 4.79 Å². The number of rotatable bonds is 5. The Morgan fingerprint density at radius 2 is 1.50 bits per heavy atom. The summed E-state index contributed by atoms with van der Waals surface area (Å²) in [5.41, 5.74) is -0.690. The molecule has 0 atom stereocenters. The predicted molar refractivity (Wildman–Crippen MR) is 106 cm³/mol. The van der Waals surface area contributed by atoms with E-state index in [4.69, 9.17) is 9.15 Å². The van der Waals surface area contributed by atoms with E-state index in [0.717, 1.165) is 0 Å². The summed E-state index contributed by atoms with van der Waals surface area (Å²) in [6.45, 7) is 0. The molecule has 9 heteroatoms. The molecule has 2 aromatic carbocycles. The zero-order chi connectivity index (χ0) is 21.8. The van der Waals surface area contributed by atoms with Gasteiger partial charge in [0.1, 0.15) is 16.9 Å². The molecule has 1 N–H and O–H groups in total. The van der Waals surface area contributed by atoms with Crippen LogP contribution in [0.3, 0.4) is 0 Å². The first-order valence-electron chi connectivity index (χ1n) is 8.61. The summed E-state index contributed by atoms with van der Waals surface area (Å²) in [6.07, 6.45) is 0. The number of carbonyl (C=O) groups is 3. The lowest BCUT2D eigenvalue weighted by molar-refractivity contribution is 0.0599. The molecule has 0 aliphatic rings. The summed E-state index contributed by atoms with van der Waals surface area (Å²) in [5.74, 6) is -1.69. The predicted octanol–water partition coefficient (Wildman–Crippen LogP) is 2.63.